The van der Waals surface area contributed by atoms with Gasteiger partial charge in [-0.25, -0.2) is 5.43 Å². The minimum atomic E-state index is -0.457. The number of rotatable bonds is 9. The summed E-state index contributed by atoms with van der Waals surface area (Å²) >= 11 is 5.87. The Bertz CT molecular complexity index is 1320. The Hall–Kier alpha value is -3.88. The molecule has 9 heteroatoms. The molecular weight excluding hydrogens is 480 g/mol. The Labute approximate surface area is 214 Å². The van der Waals surface area contributed by atoms with Gasteiger partial charge in [-0.15, -0.1) is 0 Å². The summed E-state index contributed by atoms with van der Waals surface area (Å²) < 4.78 is 5.53. The molecule has 0 saturated carbocycles. The van der Waals surface area contributed by atoms with E-state index in [1.165, 1.54) is 18.2 Å². The van der Waals surface area contributed by atoms with Crippen molar-refractivity contribution < 1.29 is 19.4 Å². The minimum absolute atomic E-state index is 0.0117. The minimum Gasteiger partial charge on any atom is -0.506 e. The number of amides is 2. The number of nitrogens with one attached hydrogen (secondary N) is 1. The standard InChI is InChI=1S/C27H27ClN4O4/c28-24-14-19(9-10-25(24)33)27(35)31-30-16-20-8-7-18(22-5-1-2-6-23(20)22)15-26(34)32(12-11-29)17-21-4-3-13-36-21/h1-3,5-10,13-14,16,21,33H,4,11-12,15,17,29H2,(H,31,35)/b30-16+. The SMILES string of the molecule is NCCN(CC1CC=CO1)C(=O)Cc1ccc(/C=N/NC(=O)c2ccc(O)c(Cl)c2)c2ccccc12. The zero-order valence-electron chi connectivity index (χ0n) is 19.6. The molecule has 0 radical (unpaired) electrons. The Balaban J connectivity index is 1.49. The summed E-state index contributed by atoms with van der Waals surface area (Å²) in [5.41, 5.74) is 10.2. The lowest BCUT2D eigenvalue weighted by Gasteiger charge is -2.25. The molecule has 0 bridgehead atoms. The lowest BCUT2D eigenvalue weighted by molar-refractivity contribution is -0.131. The summed E-state index contributed by atoms with van der Waals surface area (Å²) in [5, 5.41) is 15.5. The molecular formula is C27H27ClN4O4. The van der Waals surface area contributed by atoms with E-state index in [0.717, 1.165) is 28.3 Å². The third-order valence-corrected chi connectivity index (χ3v) is 6.21. The predicted octanol–water partition coefficient (Wildman–Crippen LogP) is 3.60. The molecule has 186 valence electrons. The van der Waals surface area contributed by atoms with Crippen LogP contribution in [-0.4, -0.2) is 53.8 Å². The van der Waals surface area contributed by atoms with Gasteiger partial charge in [-0.2, -0.15) is 5.10 Å². The molecule has 1 aliphatic heterocycles. The van der Waals surface area contributed by atoms with E-state index in [4.69, 9.17) is 22.1 Å². The van der Waals surface area contributed by atoms with Crippen LogP contribution in [0.1, 0.15) is 27.9 Å². The van der Waals surface area contributed by atoms with Crippen molar-refractivity contribution in [3.8, 4) is 5.75 Å². The summed E-state index contributed by atoms with van der Waals surface area (Å²) in [4.78, 5) is 27.2. The number of fused-ring (bicyclic) bond motifs is 1. The second-order valence-electron chi connectivity index (χ2n) is 8.40. The van der Waals surface area contributed by atoms with E-state index in [9.17, 15) is 14.7 Å². The molecule has 1 atom stereocenters. The van der Waals surface area contributed by atoms with Crippen LogP contribution in [0.25, 0.3) is 10.8 Å². The van der Waals surface area contributed by atoms with E-state index >= 15 is 0 Å². The van der Waals surface area contributed by atoms with E-state index in [1.54, 1.807) is 17.4 Å². The number of ether oxygens (including phenoxy) is 1. The number of hydrazone groups is 1. The van der Waals surface area contributed by atoms with Crippen molar-refractivity contribution >= 4 is 40.4 Å². The Morgan fingerprint density at radius 3 is 2.72 bits per heavy atom. The molecule has 1 aliphatic rings. The van der Waals surface area contributed by atoms with E-state index in [1.807, 2.05) is 42.5 Å². The Morgan fingerprint density at radius 1 is 1.19 bits per heavy atom. The number of nitrogens with zero attached hydrogens (tertiary/aromatic N) is 2. The summed E-state index contributed by atoms with van der Waals surface area (Å²) in [6.45, 7) is 1.34. The van der Waals surface area contributed by atoms with Gasteiger partial charge in [0.25, 0.3) is 5.91 Å². The second kappa shape index (κ2) is 11.7. The number of carbonyl (C=O) groups is 2. The number of phenols is 1. The lowest BCUT2D eigenvalue weighted by Crippen LogP contribution is -2.41. The Kier molecular flexibility index (Phi) is 8.20. The van der Waals surface area contributed by atoms with Gasteiger partial charge in [0, 0.05) is 30.6 Å². The second-order valence-corrected chi connectivity index (χ2v) is 8.80. The third-order valence-electron chi connectivity index (χ3n) is 5.91. The molecule has 4 N–H and O–H groups in total. The number of nitrogens with two attached hydrogens (primary N) is 1. The van der Waals surface area contributed by atoms with Gasteiger partial charge < -0.3 is 20.5 Å². The van der Waals surface area contributed by atoms with Crippen molar-refractivity contribution in [2.24, 2.45) is 10.8 Å². The molecule has 3 aromatic carbocycles. The van der Waals surface area contributed by atoms with E-state index in [0.29, 0.717) is 19.6 Å². The lowest BCUT2D eigenvalue weighted by atomic mass is 9.97. The fourth-order valence-electron chi connectivity index (χ4n) is 4.07. The average molecular weight is 507 g/mol. The van der Waals surface area contributed by atoms with E-state index < -0.39 is 5.91 Å². The number of phenolic OH excluding ortho intramolecular Hbond substituents is 1. The fraction of sp³-hybridized carbons (Fsp3) is 0.222. The number of halogens is 1. The van der Waals surface area contributed by atoms with Gasteiger partial charge in [0.2, 0.25) is 5.91 Å². The van der Waals surface area contributed by atoms with Gasteiger partial charge in [-0.05, 0) is 40.6 Å². The molecule has 1 heterocycles. The first kappa shape index (κ1) is 25.2. The van der Waals surface area contributed by atoms with Crippen molar-refractivity contribution in [2.45, 2.75) is 18.9 Å². The monoisotopic (exact) mass is 506 g/mol. The summed E-state index contributed by atoms with van der Waals surface area (Å²) in [5.74, 6) is -0.569. The maximum Gasteiger partial charge on any atom is 0.271 e. The molecule has 0 spiro atoms. The van der Waals surface area contributed by atoms with Crippen LogP contribution in [0.2, 0.25) is 5.02 Å². The molecule has 4 rings (SSSR count). The van der Waals surface area contributed by atoms with Crippen LogP contribution < -0.4 is 11.2 Å². The van der Waals surface area contributed by atoms with E-state index in [2.05, 4.69) is 10.5 Å². The van der Waals surface area contributed by atoms with Gasteiger partial charge in [0.15, 0.2) is 0 Å². The van der Waals surface area contributed by atoms with Crippen LogP contribution in [0.5, 0.6) is 5.75 Å². The van der Waals surface area contributed by atoms with Gasteiger partial charge in [0.1, 0.15) is 11.9 Å². The first-order chi connectivity index (χ1) is 17.5. The molecule has 2 amide bonds. The smallest absolute Gasteiger partial charge is 0.271 e. The van der Waals surface area contributed by atoms with Crippen molar-refractivity contribution in [3.63, 3.8) is 0 Å². The number of hydrogen-bond donors (Lipinski definition) is 3. The number of aromatic hydroxyl groups is 1. The molecule has 0 saturated heterocycles. The van der Waals surface area contributed by atoms with Gasteiger partial charge in [0.05, 0.1) is 30.5 Å². The van der Waals surface area contributed by atoms with Crippen LogP contribution in [0, 0.1) is 0 Å². The quantitative estimate of drug-likeness (QED) is 0.303. The van der Waals surface area contributed by atoms with Gasteiger partial charge >= 0.3 is 0 Å². The zero-order chi connectivity index (χ0) is 25.5. The van der Waals surface area contributed by atoms with E-state index in [-0.39, 0.29) is 34.8 Å². The van der Waals surface area contributed by atoms with Crippen LogP contribution in [0.4, 0.5) is 0 Å². The summed E-state index contributed by atoms with van der Waals surface area (Å²) in [7, 11) is 0. The molecule has 3 aromatic rings. The molecule has 0 fully saturated rings. The summed E-state index contributed by atoms with van der Waals surface area (Å²) in [6.07, 6.45) is 6.15. The molecule has 0 aromatic heterocycles. The van der Waals surface area contributed by atoms with Gasteiger partial charge in [-0.1, -0.05) is 48.0 Å². The number of hydrogen-bond acceptors (Lipinski definition) is 6. The van der Waals surface area contributed by atoms with Gasteiger partial charge in [-0.3, -0.25) is 9.59 Å². The topological polar surface area (TPSA) is 117 Å². The highest BCUT2D eigenvalue weighted by Gasteiger charge is 2.21. The van der Waals surface area contributed by atoms with Crippen molar-refractivity contribution in [3.05, 3.63) is 88.6 Å². The maximum absolute atomic E-state index is 13.1. The molecule has 1 unspecified atom stereocenters. The highest BCUT2D eigenvalue weighted by Crippen LogP contribution is 2.24. The highest BCUT2D eigenvalue weighted by atomic mass is 35.5. The zero-order valence-corrected chi connectivity index (χ0v) is 20.3. The first-order valence-corrected chi connectivity index (χ1v) is 11.9. The van der Waals surface area contributed by atoms with Crippen molar-refractivity contribution in [1.29, 1.82) is 0 Å². The van der Waals surface area contributed by atoms with Crippen LogP contribution in [0.3, 0.4) is 0 Å². The summed E-state index contributed by atoms with van der Waals surface area (Å²) in [6, 6.07) is 15.7. The largest absolute Gasteiger partial charge is 0.506 e. The van der Waals surface area contributed by atoms with Crippen molar-refractivity contribution in [2.75, 3.05) is 19.6 Å². The predicted molar refractivity (Wildman–Crippen MR) is 140 cm³/mol. The number of carbonyl (C=O) groups excluding carboxylic acids is 2. The number of benzene rings is 3. The first-order valence-electron chi connectivity index (χ1n) is 11.6. The van der Waals surface area contributed by atoms with Crippen LogP contribution >= 0.6 is 11.6 Å². The molecule has 0 aliphatic carbocycles. The van der Waals surface area contributed by atoms with Crippen molar-refractivity contribution in [1.82, 2.24) is 10.3 Å². The molecule has 36 heavy (non-hydrogen) atoms. The van der Waals surface area contributed by atoms with Crippen LogP contribution in [0.15, 0.2) is 72.0 Å². The Morgan fingerprint density at radius 2 is 2.00 bits per heavy atom. The fourth-order valence-corrected chi connectivity index (χ4v) is 4.25. The third kappa shape index (κ3) is 6.02. The molecule has 8 nitrogen and oxygen atoms in total. The average Bonchev–Trinajstić information content (AvgIpc) is 3.39. The maximum atomic E-state index is 13.1. The normalized spacial score (nSPS) is 14.8. The highest BCUT2D eigenvalue weighted by molar-refractivity contribution is 6.32. The van der Waals surface area contributed by atoms with Crippen LogP contribution in [-0.2, 0) is 16.0 Å².